The smallest absolute Gasteiger partial charge is 0.303 e. The van der Waals surface area contributed by atoms with Crippen LogP contribution in [0.3, 0.4) is 0 Å². The molecular formula is C34H39F2N3O2S. The zero-order valence-electron chi connectivity index (χ0n) is 24.5. The highest BCUT2D eigenvalue weighted by atomic mass is 32.1. The number of aryl methyl sites for hydroxylation is 3. The predicted octanol–water partition coefficient (Wildman–Crippen LogP) is 8.13. The summed E-state index contributed by atoms with van der Waals surface area (Å²) in [5.74, 6) is -0.663. The Kier molecular flexibility index (Phi) is 10.8. The van der Waals surface area contributed by atoms with E-state index < -0.39 is 5.97 Å². The number of nitrogens with zero attached hydrogens (tertiary/aromatic N) is 2. The van der Waals surface area contributed by atoms with E-state index >= 15 is 0 Å². The van der Waals surface area contributed by atoms with Gasteiger partial charge in [0, 0.05) is 17.6 Å². The Bertz CT molecular complexity index is 1480. The van der Waals surface area contributed by atoms with Crippen LogP contribution in [0.15, 0.2) is 66.0 Å². The number of carboxylic acids is 1. The van der Waals surface area contributed by atoms with E-state index in [-0.39, 0.29) is 29.4 Å². The van der Waals surface area contributed by atoms with Gasteiger partial charge in [0.1, 0.15) is 17.5 Å². The molecule has 1 aliphatic rings. The van der Waals surface area contributed by atoms with Crippen molar-refractivity contribution >= 4 is 23.1 Å². The zero-order valence-corrected chi connectivity index (χ0v) is 25.3. The van der Waals surface area contributed by atoms with Crippen molar-refractivity contribution in [2.75, 3.05) is 11.9 Å². The largest absolute Gasteiger partial charge is 0.481 e. The number of hydrogen-bond donors (Lipinski definition) is 2. The molecule has 0 fully saturated rings. The van der Waals surface area contributed by atoms with Crippen LogP contribution in [0, 0.1) is 11.6 Å². The van der Waals surface area contributed by atoms with Crippen LogP contribution in [-0.4, -0.2) is 27.6 Å². The van der Waals surface area contributed by atoms with Gasteiger partial charge in [0.15, 0.2) is 0 Å². The van der Waals surface area contributed by atoms with Crippen LogP contribution >= 0.6 is 11.3 Å². The highest BCUT2D eigenvalue weighted by Crippen LogP contribution is 2.27. The van der Waals surface area contributed by atoms with Crippen LogP contribution in [0.1, 0.15) is 79.0 Å². The Morgan fingerprint density at radius 2 is 1.76 bits per heavy atom. The van der Waals surface area contributed by atoms with Crippen LogP contribution in [0.25, 0.3) is 0 Å². The number of carboxylic acid groups (broad SMARTS) is 1. The molecule has 222 valence electrons. The number of carbonyl (C=O) groups is 1. The third kappa shape index (κ3) is 9.44. The fourth-order valence-corrected chi connectivity index (χ4v) is 5.83. The summed E-state index contributed by atoms with van der Waals surface area (Å²) in [5, 5.41) is 15.7. The van der Waals surface area contributed by atoms with Gasteiger partial charge in [0.2, 0.25) is 0 Å². The molecule has 0 bridgehead atoms. The Balaban J connectivity index is 0.000000310. The Morgan fingerprint density at radius 1 is 1.00 bits per heavy atom. The summed E-state index contributed by atoms with van der Waals surface area (Å²) >= 11 is 1.60. The molecule has 42 heavy (non-hydrogen) atoms. The van der Waals surface area contributed by atoms with Crippen molar-refractivity contribution in [1.29, 1.82) is 0 Å². The summed E-state index contributed by atoms with van der Waals surface area (Å²) in [4.78, 5) is 20.8. The van der Waals surface area contributed by atoms with E-state index in [0.717, 1.165) is 66.4 Å². The molecule has 1 atom stereocenters. The summed E-state index contributed by atoms with van der Waals surface area (Å²) in [7, 11) is 0. The number of halogens is 2. The third-order valence-electron chi connectivity index (χ3n) is 7.26. The van der Waals surface area contributed by atoms with Crippen LogP contribution in [0.4, 0.5) is 14.6 Å². The van der Waals surface area contributed by atoms with Crippen LogP contribution in [-0.2, 0) is 35.9 Å². The lowest BCUT2D eigenvalue weighted by molar-refractivity contribution is -0.137. The molecule has 4 aromatic rings. The van der Waals surface area contributed by atoms with Crippen molar-refractivity contribution in [3.05, 3.63) is 111 Å². The molecule has 3 heterocycles. The van der Waals surface area contributed by atoms with E-state index in [2.05, 4.69) is 38.2 Å². The molecule has 0 spiro atoms. The highest BCUT2D eigenvalue weighted by Gasteiger charge is 2.19. The maximum Gasteiger partial charge on any atom is 0.303 e. The average molecular weight is 592 g/mol. The van der Waals surface area contributed by atoms with E-state index in [1.165, 1.54) is 23.8 Å². The first kappa shape index (κ1) is 31.3. The molecule has 5 rings (SSSR count). The molecule has 0 saturated heterocycles. The maximum absolute atomic E-state index is 13.6. The standard InChI is InChI=1S/C24H26FN3O2S.C10H13F/c25-19-6-1-4-17(12-19)18(14-23(29)30)13-21-15-31-22(27-21)8-2-7-20-10-9-16-5-3-11-26-24(16)28-20;1-10(2,3)8-5-4-6-9(11)7-8/h1,4,6,9-10,12,15,18H,2-3,5,7-8,11,13-14H2,(H,26,28)(H,29,30);4-7H,1-3H3. The molecule has 0 radical (unpaired) electrons. The van der Waals surface area contributed by atoms with Crippen molar-refractivity contribution < 1.29 is 18.7 Å². The van der Waals surface area contributed by atoms with Gasteiger partial charge in [-0.05, 0) is 96.9 Å². The minimum Gasteiger partial charge on any atom is -0.481 e. The number of thiazole rings is 1. The Morgan fingerprint density at radius 3 is 2.45 bits per heavy atom. The van der Waals surface area contributed by atoms with E-state index in [4.69, 9.17) is 9.97 Å². The van der Waals surface area contributed by atoms with Gasteiger partial charge in [-0.2, -0.15) is 0 Å². The third-order valence-corrected chi connectivity index (χ3v) is 8.22. The quantitative estimate of drug-likeness (QED) is 0.206. The number of aliphatic carboxylic acids is 1. The SMILES string of the molecule is CC(C)(C)c1cccc(F)c1.O=C(O)CC(Cc1csc(CCCc2ccc3c(n2)NCCC3)n1)c1cccc(F)c1. The number of hydrogen-bond acceptors (Lipinski definition) is 5. The van der Waals surface area contributed by atoms with Crippen molar-refractivity contribution in [1.82, 2.24) is 9.97 Å². The lowest BCUT2D eigenvalue weighted by Crippen LogP contribution is -2.14. The molecule has 2 aromatic heterocycles. The van der Waals surface area contributed by atoms with Gasteiger partial charge in [-0.3, -0.25) is 4.79 Å². The van der Waals surface area contributed by atoms with Gasteiger partial charge in [-0.15, -0.1) is 11.3 Å². The van der Waals surface area contributed by atoms with Crippen molar-refractivity contribution in [3.8, 4) is 0 Å². The Hall–Kier alpha value is -3.65. The van der Waals surface area contributed by atoms with Gasteiger partial charge in [0.25, 0.3) is 0 Å². The average Bonchev–Trinajstić information content (AvgIpc) is 3.39. The minimum absolute atomic E-state index is 0.0437. The van der Waals surface area contributed by atoms with E-state index in [0.29, 0.717) is 12.0 Å². The molecule has 1 unspecified atom stereocenters. The van der Waals surface area contributed by atoms with Gasteiger partial charge >= 0.3 is 5.97 Å². The Labute approximate surface area is 251 Å². The minimum atomic E-state index is -0.892. The molecular weight excluding hydrogens is 552 g/mol. The van der Waals surface area contributed by atoms with Crippen LogP contribution < -0.4 is 5.32 Å². The first-order chi connectivity index (χ1) is 20.1. The maximum atomic E-state index is 13.6. The van der Waals surface area contributed by atoms with E-state index in [9.17, 15) is 18.7 Å². The molecule has 5 nitrogen and oxygen atoms in total. The van der Waals surface area contributed by atoms with Crippen LogP contribution in [0.5, 0.6) is 0 Å². The number of anilines is 1. The normalized spacial score (nSPS) is 13.4. The molecule has 2 N–H and O–H groups in total. The first-order valence-electron chi connectivity index (χ1n) is 14.5. The lowest BCUT2D eigenvalue weighted by Gasteiger charge is -2.18. The highest BCUT2D eigenvalue weighted by molar-refractivity contribution is 7.09. The number of nitrogens with one attached hydrogen (secondary N) is 1. The molecule has 8 heteroatoms. The molecule has 1 aliphatic heterocycles. The second-order valence-electron chi connectivity index (χ2n) is 11.7. The van der Waals surface area contributed by atoms with Gasteiger partial charge in [-0.25, -0.2) is 18.7 Å². The second-order valence-corrected chi connectivity index (χ2v) is 12.7. The summed E-state index contributed by atoms with van der Waals surface area (Å²) in [5.41, 5.74) is 5.04. The molecule has 0 amide bonds. The van der Waals surface area contributed by atoms with Gasteiger partial charge < -0.3 is 10.4 Å². The van der Waals surface area contributed by atoms with Crippen molar-refractivity contribution in [3.63, 3.8) is 0 Å². The molecule has 0 saturated carbocycles. The van der Waals surface area contributed by atoms with Gasteiger partial charge in [-0.1, -0.05) is 51.1 Å². The van der Waals surface area contributed by atoms with E-state index in [1.807, 2.05) is 11.4 Å². The van der Waals surface area contributed by atoms with Crippen LogP contribution in [0.2, 0.25) is 0 Å². The number of rotatable bonds is 9. The second kappa shape index (κ2) is 14.5. The fraction of sp³-hybridized carbons (Fsp3) is 0.382. The molecule has 0 aliphatic carbocycles. The topological polar surface area (TPSA) is 75.1 Å². The summed E-state index contributed by atoms with van der Waals surface area (Å²) in [6.45, 7) is 7.20. The van der Waals surface area contributed by atoms with Crippen molar-refractivity contribution in [2.24, 2.45) is 0 Å². The zero-order chi connectivity index (χ0) is 30.1. The number of fused-ring (bicyclic) bond motifs is 1. The number of aromatic nitrogens is 2. The summed E-state index contributed by atoms with van der Waals surface area (Å²) < 4.78 is 26.3. The lowest BCUT2D eigenvalue weighted by atomic mass is 9.87. The summed E-state index contributed by atoms with van der Waals surface area (Å²) in [6, 6.07) is 17.2. The molecule has 2 aromatic carbocycles. The van der Waals surface area contributed by atoms with E-state index in [1.54, 1.807) is 35.6 Å². The fourth-order valence-electron chi connectivity index (χ4n) is 4.97. The predicted molar refractivity (Wildman–Crippen MR) is 165 cm³/mol. The number of benzene rings is 2. The number of pyridine rings is 1. The van der Waals surface area contributed by atoms with Crippen molar-refractivity contribution in [2.45, 2.75) is 77.0 Å². The first-order valence-corrected chi connectivity index (χ1v) is 15.3. The summed E-state index contributed by atoms with van der Waals surface area (Å²) in [6.07, 6.45) is 5.41. The monoisotopic (exact) mass is 591 g/mol. The van der Waals surface area contributed by atoms with Gasteiger partial charge in [0.05, 0.1) is 17.1 Å².